The molecule has 0 bridgehead atoms. The summed E-state index contributed by atoms with van der Waals surface area (Å²) in [5.41, 5.74) is -0.513. The smallest absolute Gasteiger partial charge is 0.246 e. The normalized spacial score (nSPS) is 25.9. The van der Waals surface area contributed by atoms with E-state index in [0.29, 0.717) is 18.4 Å². The van der Waals surface area contributed by atoms with Crippen molar-refractivity contribution in [2.75, 3.05) is 0 Å². The van der Waals surface area contributed by atoms with Crippen LogP contribution in [0.3, 0.4) is 0 Å². The van der Waals surface area contributed by atoms with Crippen LogP contribution in [0.25, 0.3) is 0 Å². The molecule has 5 heteroatoms. The number of carbonyl (C=O) groups is 2. The quantitative estimate of drug-likeness (QED) is 0.925. The van der Waals surface area contributed by atoms with Crippen molar-refractivity contribution in [3.05, 3.63) is 35.6 Å². The molecule has 1 saturated heterocycles. The van der Waals surface area contributed by atoms with Crippen LogP contribution in [-0.4, -0.2) is 28.3 Å². The van der Waals surface area contributed by atoms with Gasteiger partial charge in [0.1, 0.15) is 17.4 Å². The molecule has 0 spiro atoms. The lowest BCUT2D eigenvalue weighted by Gasteiger charge is -2.46. The topological polar surface area (TPSA) is 49.4 Å². The van der Waals surface area contributed by atoms with Crippen molar-refractivity contribution < 1.29 is 14.0 Å². The average molecular weight is 292 g/mol. The van der Waals surface area contributed by atoms with Crippen LogP contribution in [0, 0.1) is 5.82 Å². The average Bonchev–Trinajstić information content (AvgIpc) is 2.49. The number of hydrogen-bond acceptors (Lipinski definition) is 2. The molecule has 1 aliphatic heterocycles. The first-order valence-electron chi connectivity index (χ1n) is 7.29. The molecule has 1 N–H and O–H groups in total. The molecule has 1 fully saturated rings. The van der Waals surface area contributed by atoms with Crippen molar-refractivity contribution >= 4 is 11.8 Å². The van der Waals surface area contributed by atoms with Crippen LogP contribution < -0.4 is 5.32 Å². The second-order valence-corrected chi connectivity index (χ2v) is 5.58. The van der Waals surface area contributed by atoms with E-state index in [0.717, 1.165) is 0 Å². The third-order valence-corrected chi connectivity index (χ3v) is 4.34. The van der Waals surface area contributed by atoms with Crippen molar-refractivity contribution in [3.8, 4) is 0 Å². The van der Waals surface area contributed by atoms with Gasteiger partial charge in [0, 0.05) is 12.1 Å². The Hall–Kier alpha value is -1.91. The summed E-state index contributed by atoms with van der Waals surface area (Å²) in [7, 11) is 0. The first-order valence-corrected chi connectivity index (χ1v) is 7.29. The van der Waals surface area contributed by atoms with E-state index < -0.39 is 11.6 Å². The molecule has 0 saturated carbocycles. The van der Waals surface area contributed by atoms with E-state index in [9.17, 15) is 14.0 Å². The number of benzene rings is 1. The second kappa shape index (κ2) is 5.84. The molecule has 2 unspecified atom stereocenters. The summed E-state index contributed by atoms with van der Waals surface area (Å²) in [5.74, 6) is -0.680. The van der Waals surface area contributed by atoms with Crippen LogP contribution in [0.1, 0.15) is 39.2 Å². The highest BCUT2D eigenvalue weighted by Gasteiger charge is 2.47. The monoisotopic (exact) mass is 292 g/mol. The second-order valence-electron chi connectivity index (χ2n) is 5.58. The van der Waals surface area contributed by atoms with Crippen molar-refractivity contribution in [2.45, 2.75) is 51.7 Å². The molecule has 2 rings (SSSR count). The maximum Gasteiger partial charge on any atom is 0.246 e. The van der Waals surface area contributed by atoms with Crippen molar-refractivity contribution in [1.82, 2.24) is 10.2 Å². The molecule has 2 atom stereocenters. The van der Waals surface area contributed by atoms with Gasteiger partial charge in [-0.25, -0.2) is 4.39 Å². The molecule has 1 aromatic rings. The van der Waals surface area contributed by atoms with Gasteiger partial charge in [0.25, 0.3) is 0 Å². The largest absolute Gasteiger partial charge is 0.342 e. The number of hydrogen-bond donors (Lipinski definition) is 1. The van der Waals surface area contributed by atoms with Gasteiger partial charge in [-0.3, -0.25) is 9.59 Å². The molecular formula is C16H21FN2O2. The summed E-state index contributed by atoms with van der Waals surface area (Å²) in [5, 5.41) is 2.76. The molecule has 0 radical (unpaired) electrons. The van der Waals surface area contributed by atoms with Gasteiger partial charge in [-0.15, -0.1) is 0 Å². The number of nitrogens with one attached hydrogen (secondary N) is 1. The fourth-order valence-corrected chi connectivity index (χ4v) is 2.61. The molecule has 21 heavy (non-hydrogen) atoms. The Morgan fingerprint density at radius 3 is 2.52 bits per heavy atom. The molecular weight excluding hydrogens is 271 g/mol. The van der Waals surface area contributed by atoms with Crippen molar-refractivity contribution in [2.24, 2.45) is 0 Å². The zero-order chi connectivity index (χ0) is 15.6. The summed E-state index contributed by atoms with van der Waals surface area (Å²) in [4.78, 5) is 26.4. The van der Waals surface area contributed by atoms with Gasteiger partial charge in [0.15, 0.2) is 0 Å². The Balaban J connectivity index is 2.37. The van der Waals surface area contributed by atoms with Crippen LogP contribution in [-0.2, 0) is 16.1 Å². The van der Waals surface area contributed by atoms with Crippen LogP contribution in [0.5, 0.6) is 0 Å². The maximum atomic E-state index is 13.9. The Morgan fingerprint density at radius 2 is 1.95 bits per heavy atom. The Labute approximate surface area is 124 Å². The predicted octanol–water partition coefficient (Wildman–Crippen LogP) is 2.23. The summed E-state index contributed by atoms with van der Waals surface area (Å²) in [6.45, 7) is 5.54. The highest BCUT2D eigenvalue weighted by molar-refractivity contribution is 5.99. The number of nitrogens with zero attached hydrogens (tertiary/aromatic N) is 1. The standard InChI is InChI=1S/C16H21FN2O2/c1-4-13-14(20)19(16(3,5-2)15(21)18-13)10-11-8-6-7-9-12(11)17/h6-9,13H,4-5,10H2,1-3H3,(H,18,21). The SMILES string of the molecule is CCC1NC(=O)C(C)(CC)N(Cc2ccccc2F)C1=O. The number of piperazine rings is 1. The number of carbonyl (C=O) groups excluding carboxylic acids is 2. The number of halogens is 1. The third kappa shape index (κ3) is 2.64. The van der Waals surface area contributed by atoms with E-state index in [2.05, 4.69) is 5.32 Å². The first-order chi connectivity index (χ1) is 9.93. The molecule has 114 valence electrons. The van der Waals surface area contributed by atoms with Crippen LogP contribution >= 0.6 is 0 Å². The lowest BCUT2D eigenvalue weighted by Crippen LogP contribution is -2.68. The summed E-state index contributed by atoms with van der Waals surface area (Å²) >= 11 is 0. The third-order valence-electron chi connectivity index (χ3n) is 4.34. The lowest BCUT2D eigenvalue weighted by molar-refractivity contribution is -0.157. The van der Waals surface area contributed by atoms with E-state index in [1.165, 1.54) is 11.0 Å². The fraction of sp³-hybridized carbons (Fsp3) is 0.500. The summed E-state index contributed by atoms with van der Waals surface area (Å²) in [6.07, 6.45) is 1.01. The highest BCUT2D eigenvalue weighted by Crippen LogP contribution is 2.28. The minimum atomic E-state index is -0.939. The molecule has 0 aromatic heterocycles. The highest BCUT2D eigenvalue weighted by atomic mass is 19.1. The van der Waals surface area contributed by atoms with Gasteiger partial charge in [-0.2, -0.15) is 0 Å². The summed E-state index contributed by atoms with van der Waals surface area (Å²) < 4.78 is 13.9. The maximum absolute atomic E-state index is 13.9. The van der Waals surface area contributed by atoms with E-state index >= 15 is 0 Å². The molecule has 1 heterocycles. The van der Waals surface area contributed by atoms with Gasteiger partial charge < -0.3 is 10.2 Å². The van der Waals surface area contributed by atoms with Crippen molar-refractivity contribution in [3.63, 3.8) is 0 Å². The van der Waals surface area contributed by atoms with Gasteiger partial charge in [-0.1, -0.05) is 32.0 Å². The van der Waals surface area contributed by atoms with Gasteiger partial charge >= 0.3 is 0 Å². The fourth-order valence-electron chi connectivity index (χ4n) is 2.61. The van der Waals surface area contributed by atoms with Crippen LogP contribution in [0.15, 0.2) is 24.3 Å². The van der Waals surface area contributed by atoms with Crippen LogP contribution in [0.4, 0.5) is 4.39 Å². The number of rotatable bonds is 4. The lowest BCUT2D eigenvalue weighted by atomic mass is 9.89. The summed E-state index contributed by atoms with van der Waals surface area (Å²) in [6, 6.07) is 5.82. The van der Waals surface area contributed by atoms with E-state index in [-0.39, 0.29) is 24.2 Å². The minimum absolute atomic E-state index is 0.111. The van der Waals surface area contributed by atoms with E-state index in [4.69, 9.17) is 0 Å². The molecule has 1 aromatic carbocycles. The Kier molecular flexibility index (Phi) is 4.30. The zero-order valence-electron chi connectivity index (χ0n) is 12.6. The number of amides is 2. The van der Waals surface area contributed by atoms with E-state index in [1.54, 1.807) is 25.1 Å². The molecule has 4 nitrogen and oxygen atoms in total. The minimum Gasteiger partial charge on any atom is -0.342 e. The van der Waals surface area contributed by atoms with Gasteiger partial charge in [0.2, 0.25) is 11.8 Å². The Morgan fingerprint density at radius 1 is 1.29 bits per heavy atom. The van der Waals surface area contributed by atoms with Gasteiger partial charge in [-0.05, 0) is 25.8 Å². The van der Waals surface area contributed by atoms with E-state index in [1.807, 2.05) is 13.8 Å². The van der Waals surface area contributed by atoms with Crippen molar-refractivity contribution in [1.29, 1.82) is 0 Å². The first kappa shape index (κ1) is 15.5. The molecule has 1 aliphatic rings. The van der Waals surface area contributed by atoms with Crippen LogP contribution in [0.2, 0.25) is 0 Å². The van der Waals surface area contributed by atoms with Gasteiger partial charge in [0.05, 0.1) is 0 Å². The molecule has 0 aliphatic carbocycles. The molecule has 2 amide bonds. The Bertz CT molecular complexity index is 561. The predicted molar refractivity (Wildman–Crippen MR) is 77.9 cm³/mol. The zero-order valence-corrected chi connectivity index (χ0v) is 12.6.